The van der Waals surface area contributed by atoms with Crippen molar-refractivity contribution in [1.29, 1.82) is 0 Å². The van der Waals surface area contributed by atoms with Gasteiger partial charge in [0.25, 0.3) is 0 Å². The molecule has 3 heteroatoms. The second kappa shape index (κ2) is 7.04. The molecule has 0 bridgehead atoms. The smallest absolute Gasteiger partial charge is 0.335 e. The first kappa shape index (κ1) is 15.3. The fourth-order valence-corrected chi connectivity index (χ4v) is 2.44. The number of carboxylic acid groups (broad SMARTS) is 1. The number of rotatable bonds is 6. The maximum atomic E-state index is 10.8. The molecule has 21 heavy (non-hydrogen) atoms. The van der Waals surface area contributed by atoms with Crippen LogP contribution in [-0.4, -0.2) is 17.6 Å². The van der Waals surface area contributed by atoms with Crippen LogP contribution in [0.1, 0.15) is 32.6 Å². The predicted molar refractivity (Wildman–Crippen MR) is 84.7 cm³/mol. The zero-order valence-corrected chi connectivity index (χ0v) is 12.5. The van der Waals surface area contributed by atoms with Gasteiger partial charge in [0.05, 0.1) is 5.56 Å². The molecule has 2 aromatic rings. The van der Waals surface area contributed by atoms with Gasteiger partial charge < -0.3 is 10.4 Å². The molecule has 0 aliphatic heterocycles. The number of hydrogen-bond acceptors (Lipinski definition) is 2. The molecular formula is C18H21NO2. The first-order valence-electron chi connectivity index (χ1n) is 7.15. The molecule has 0 unspecified atom stereocenters. The Hall–Kier alpha value is -2.13. The van der Waals surface area contributed by atoms with Crippen molar-refractivity contribution >= 4 is 5.97 Å². The normalized spacial score (nSPS) is 10.6. The summed E-state index contributed by atoms with van der Waals surface area (Å²) in [6.07, 6.45) is 0.996. The van der Waals surface area contributed by atoms with Crippen molar-refractivity contribution in [1.82, 2.24) is 5.32 Å². The van der Waals surface area contributed by atoms with Crippen molar-refractivity contribution in [2.75, 3.05) is 6.54 Å². The molecule has 110 valence electrons. The SMILES string of the molecule is Cc1cc(C)cc(CCNCc2ccc(C(=O)O)cc2)c1. The van der Waals surface area contributed by atoms with E-state index in [0.29, 0.717) is 5.56 Å². The molecule has 0 saturated heterocycles. The van der Waals surface area contributed by atoms with Crippen molar-refractivity contribution in [2.24, 2.45) is 0 Å². The highest BCUT2D eigenvalue weighted by molar-refractivity contribution is 5.87. The largest absolute Gasteiger partial charge is 0.478 e. The molecule has 0 atom stereocenters. The van der Waals surface area contributed by atoms with Crippen molar-refractivity contribution in [3.63, 3.8) is 0 Å². The monoisotopic (exact) mass is 283 g/mol. The Labute approximate surface area is 125 Å². The van der Waals surface area contributed by atoms with Gasteiger partial charge in [-0.2, -0.15) is 0 Å². The number of aromatic carboxylic acids is 1. The van der Waals surface area contributed by atoms with Crippen LogP contribution in [0.2, 0.25) is 0 Å². The molecule has 0 amide bonds. The molecule has 0 aliphatic carbocycles. The summed E-state index contributed by atoms with van der Waals surface area (Å²) in [7, 11) is 0. The fraction of sp³-hybridized carbons (Fsp3) is 0.278. The third kappa shape index (κ3) is 4.72. The Morgan fingerprint density at radius 2 is 1.62 bits per heavy atom. The van der Waals surface area contributed by atoms with Gasteiger partial charge in [-0.3, -0.25) is 0 Å². The Morgan fingerprint density at radius 3 is 2.19 bits per heavy atom. The molecule has 2 aromatic carbocycles. The molecule has 0 fully saturated rings. The van der Waals surface area contributed by atoms with Crippen LogP contribution in [0.25, 0.3) is 0 Å². The predicted octanol–water partition coefficient (Wildman–Crippen LogP) is 3.33. The second-order valence-corrected chi connectivity index (χ2v) is 5.42. The van der Waals surface area contributed by atoms with E-state index in [1.54, 1.807) is 12.1 Å². The van der Waals surface area contributed by atoms with Gasteiger partial charge in [-0.25, -0.2) is 4.79 Å². The lowest BCUT2D eigenvalue weighted by Crippen LogP contribution is -2.16. The van der Waals surface area contributed by atoms with Gasteiger partial charge in [-0.15, -0.1) is 0 Å². The van der Waals surface area contributed by atoms with Gasteiger partial charge in [0, 0.05) is 6.54 Å². The van der Waals surface area contributed by atoms with Gasteiger partial charge in [0.1, 0.15) is 0 Å². The first-order chi connectivity index (χ1) is 10.0. The summed E-state index contributed by atoms with van der Waals surface area (Å²) in [6, 6.07) is 13.6. The summed E-state index contributed by atoms with van der Waals surface area (Å²) in [5, 5.41) is 12.2. The van der Waals surface area contributed by atoms with E-state index in [2.05, 4.69) is 37.4 Å². The standard InChI is InChI=1S/C18H21NO2/c1-13-9-14(2)11-16(10-13)7-8-19-12-15-3-5-17(6-4-15)18(20)21/h3-6,9-11,19H,7-8,12H2,1-2H3,(H,20,21). The maximum Gasteiger partial charge on any atom is 0.335 e. The van der Waals surface area contributed by atoms with Crippen LogP contribution in [-0.2, 0) is 13.0 Å². The highest BCUT2D eigenvalue weighted by Crippen LogP contribution is 2.09. The molecule has 2 rings (SSSR count). The number of nitrogens with one attached hydrogen (secondary N) is 1. The third-order valence-corrected chi connectivity index (χ3v) is 3.40. The van der Waals surface area contributed by atoms with Crippen molar-refractivity contribution in [3.05, 3.63) is 70.3 Å². The lowest BCUT2D eigenvalue weighted by atomic mass is 10.1. The molecule has 0 saturated carbocycles. The van der Waals surface area contributed by atoms with Crippen molar-refractivity contribution in [2.45, 2.75) is 26.8 Å². The number of carbonyl (C=O) groups is 1. The van der Waals surface area contributed by atoms with E-state index >= 15 is 0 Å². The average molecular weight is 283 g/mol. The summed E-state index contributed by atoms with van der Waals surface area (Å²) in [5.41, 5.74) is 5.37. The number of carboxylic acids is 1. The Balaban J connectivity index is 1.80. The summed E-state index contributed by atoms with van der Waals surface area (Å²) in [4.78, 5) is 10.8. The quantitative estimate of drug-likeness (QED) is 0.799. The number of aryl methyl sites for hydroxylation is 2. The summed E-state index contributed by atoms with van der Waals surface area (Å²) in [6.45, 7) is 5.90. The average Bonchev–Trinajstić information content (AvgIpc) is 2.43. The minimum Gasteiger partial charge on any atom is -0.478 e. The molecule has 0 aromatic heterocycles. The molecular weight excluding hydrogens is 262 g/mol. The molecule has 0 heterocycles. The van der Waals surface area contributed by atoms with Gasteiger partial charge in [0.15, 0.2) is 0 Å². The minimum atomic E-state index is -0.885. The number of benzene rings is 2. The lowest BCUT2D eigenvalue weighted by molar-refractivity contribution is 0.0697. The summed E-state index contributed by atoms with van der Waals surface area (Å²) < 4.78 is 0. The van der Waals surface area contributed by atoms with E-state index in [1.807, 2.05) is 12.1 Å². The van der Waals surface area contributed by atoms with E-state index in [1.165, 1.54) is 16.7 Å². The zero-order valence-electron chi connectivity index (χ0n) is 12.5. The van der Waals surface area contributed by atoms with Crippen molar-refractivity contribution < 1.29 is 9.90 Å². The van der Waals surface area contributed by atoms with E-state index in [-0.39, 0.29) is 0 Å². The fourth-order valence-electron chi connectivity index (χ4n) is 2.44. The summed E-state index contributed by atoms with van der Waals surface area (Å²) in [5.74, 6) is -0.885. The van der Waals surface area contributed by atoms with Crippen molar-refractivity contribution in [3.8, 4) is 0 Å². The van der Waals surface area contributed by atoms with Crippen LogP contribution in [0, 0.1) is 13.8 Å². The van der Waals surface area contributed by atoms with E-state index < -0.39 is 5.97 Å². The Morgan fingerprint density at radius 1 is 1.00 bits per heavy atom. The highest BCUT2D eigenvalue weighted by Gasteiger charge is 2.01. The minimum absolute atomic E-state index is 0.328. The van der Waals surface area contributed by atoms with Crippen LogP contribution in [0.15, 0.2) is 42.5 Å². The molecule has 2 N–H and O–H groups in total. The molecule has 0 aliphatic rings. The van der Waals surface area contributed by atoms with E-state index in [0.717, 1.165) is 25.1 Å². The highest BCUT2D eigenvalue weighted by atomic mass is 16.4. The number of hydrogen-bond donors (Lipinski definition) is 2. The maximum absolute atomic E-state index is 10.8. The van der Waals surface area contributed by atoms with Crippen LogP contribution < -0.4 is 5.32 Å². The third-order valence-electron chi connectivity index (χ3n) is 3.40. The van der Waals surface area contributed by atoms with Gasteiger partial charge in [-0.05, 0) is 50.1 Å². The van der Waals surface area contributed by atoms with E-state index in [9.17, 15) is 4.79 Å². The topological polar surface area (TPSA) is 49.3 Å². The second-order valence-electron chi connectivity index (χ2n) is 5.42. The summed E-state index contributed by atoms with van der Waals surface area (Å²) >= 11 is 0. The van der Waals surface area contributed by atoms with Crippen LogP contribution in [0.5, 0.6) is 0 Å². The molecule has 0 spiro atoms. The first-order valence-corrected chi connectivity index (χ1v) is 7.15. The van der Waals surface area contributed by atoms with Gasteiger partial charge in [-0.1, -0.05) is 41.5 Å². The molecule has 0 radical (unpaired) electrons. The van der Waals surface area contributed by atoms with Gasteiger partial charge in [0.2, 0.25) is 0 Å². The van der Waals surface area contributed by atoms with Crippen LogP contribution in [0.3, 0.4) is 0 Å². The molecule has 3 nitrogen and oxygen atoms in total. The van der Waals surface area contributed by atoms with Crippen LogP contribution in [0.4, 0.5) is 0 Å². The van der Waals surface area contributed by atoms with Crippen LogP contribution >= 0.6 is 0 Å². The zero-order chi connectivity index (χ0) is 15.2. The lowest BCUT2D eigenvalue weighted by Gasteiger charge is -2.07. The van der Waals surface area contributed by atoms with Gasteiger partial charge >= 0.3 is 5.97 Å². The Kier molecular flexibility index (Phi) is 5.12. The van der Waals surface area contributed by atoms with E-state index in [4.69, 9.17) is 5.11 Å². The Bertz CT molecular complexity index is 597.